The molecule has 2 N–H and O–H groups in total. The molecule has 1 aliphatic heterocycles. The van der Waals surface area contributed by atoms with Crippen LogP contribution in [0.15, 0.2) is 12.7 Å². The number of piperidine rings is 1. The second-order valence-corrected chi connectivity index (χ2v) is 4.69. The predicted molar refractivity (Wildman–Crippen MR) is 69.2 cm³/mol. The van der Waals surface area contributed by atoms with E-state index in [-0.39, 0.29) is 12.5 Å². The molecule has 0 atom stereocenters. The fraction of sp³-hybridized carbons (Fsp3) is 0.692. The number of aliphatic carboxylic acids is 1. The summed E-state index contributed by atoms with van der Waals surface area (Å²) in [5.74, 6) is -0.478. The summed E-state index contributed by atoms with van der Waals surface area (Å²) in [5.41, 5.74) is 0. The number of carboxylic acid groups (broad SMARTS) is 1. The first-order valence-corrected chi connectivity index (χ1v) is 6.44. The van der Waals surface area contributed by atoms with Gasteiger partial charge in [-0.3, -0.25) is 9.59 Å². The Hall–Kier alpha value is -1.36. The van der Waals surface area contributed by atoms with Crippen molar-refractivity contribution in [2.24, 2.45) is 5.92 Å². The van der Waals surface area contributed by atoms with E-state index in [1.165, 1.54) is 4.90 Å². The first-order valence-electron chi connectivity index (χ1n) is 6.44. The van der Waals surface area contributed by atoms with Crippen molar-refractivity contribution >= 4 is 11.9 Å². The molecule has 18 heavy (non-hydrogen) atoms. The largest absolute Gasteiger partial charge is 0.480 e. The minimum atomic E-state index is -0.980. The van der Waals surface area contributed by atoms with E-state index in [2.05, 4.69) is 11.9 Å². The molecule has 0 aromatic carbocycles. The third kappa shape index (κ3) is 5.31. The van der Waals surface area contributed by atoms with Gasteiger partial charge in [-0.1, -0.05) is 6.08 Å². The Labute approximate surface area is 108 Å². The van der Waals surface area contributed by atoms with E-state index in [1.54, 1.807) is 6.08 Å². The van der Waals surface area contributed by atoms with E-state index < -0.39 is 5.97 Å². The summed E-state index contributed by atoms with van der Waals surface area (Å²) in [4.78, 5) is 23.9. The lowest BCUT2D eigenvalue weighted by molar-refractivity contribution is -0.144. The van der Waals surface area contributed by atoms with Crippen LogP contribution in [0.25, 0.3) is 0 Å². The molecular weight excluding hydrogens is 232 g/mol. The van der Waals surface area contributed by atoms with E-state index in [0.717, 1.165) is 32.4 Å². The highest BCUT2D eigenvalue weighted by molar-refractivity contribution is 5.81. The van der Waals surface area contributed by atoms with Gasteiger partial charge in [-0.25, -0.2) is 0 Å². The topological polar surface area (TPSA) is 69.6 Å². The van der Waals surface area contributed by atoms with Crippen molar-refractivity contribution in [3.63, 3.8) is 0 Å². The molecule has 1 aliphatic rings. The maximum absolute atomic E-state index is 11.9. The molecule has 0 unspecified atom stereocenters. The highest BCUT2D eigenvalue weighted by Crippen LogP contribution is 2.18. The SMILES string of the molecule is C=CCN(CC(=O)O)C(=O)CCC1CCNCC1. The van der Waals surface area contributed by atoms with Gasteiger partial charge >= 0.3 is 5.97 Å². The number of carbonyl (C=O) groups excluding carboxylic acids is 1. The highest BCUT2D eigenvalue weighted by Gasteiger charge is 2.18. The van der Waals surface area contributed by atoms with Crippen molar-refractivity contribution in [2.75, 3.05) is 26.2 Å². The van der Waals surface area contributed by atoms with E-state index in [9.17, 15) is 9.59 Å². The summed E-state index contributed by atoms with van der Waals surface area (Å²) >= 11 is 0. The van der Waals surface area contributed by atoms with Gasteiger partial charge in [0, 0.05) is 13.0 Å². The number of carboxylic acids is 1. The number of nitrogens with one attached hydrogen (secondary N) is 1. The van der Waals surface area contributed by atoms with Gasteiger partial charge in [0.1, 0.15) is 6.54 Å². The van der Waals surface area contributed by atoms with Crippen LogP contribution >= 0.6 is 0 Å². The lowest BCUT2D eigenvalue weighted by atomic mass is 9.93. The number of nitrogens with zero attached hydrogens (tertiary/aromatic N) is 1. The van der Waals surface area contributed by atoms with Crippen LogP contribution < -0.4 is 5.32 Å². The van der Waals surface area contributed by atoms with Crippen LogP contribution in [0.2, 0.25) is 0 Å². The minimum Gasteiger partial charge on any atom is -0.480 e. The fourth-order valence-electron chi connectivity index (χ4n) is 2.23. The van der Waals surface area contributed by atoms with Gasteiger partial charge in [-0.15, -0.1) is 6.58 Å². The molecule has 0 bridgehead atoms. The van der Waals surface area contributed by atoms with Crippen molar-refractivity contribution < 1.29 is 14.7 Å². The number of carbonyl (C=O) groups is 2. The maximum Gasteiger partial charge on any atom is 0.323 e. The summed E-state index contributed by atoms with van der Waals surface area (Å²) in [6, 6.07) is 0. The Morgan fingerprint density at radius 3 is 2.61 bits per heavy atom. The van der Waals surface area contributed by atoms with Crippen LogP contribution in [0, 0.1) is 5.92 Å². The Morgan fingerprint density at radius 1 is 1.39 bits per heavy atom. The molecule has 0 aromatic heterocycles. The quantitative estimate of drug-likeness (QED) is 0.661. The smallest absolute Gasteiger partial charge is 0.323 e. The van der Waals surface area contributed by atoms with Crippen molar-refractivity contribution in [1.29, 1.82) is 0 Å². The zero-order chi connectivity index (χ0) is 13.4. The van der Waals surface area contributed by atoms with E-state index in [1.807, 2.05) is 0 Å². The molecule has 1 heterocycles. The lowest BCUT2D eigenvalue weighted by Crippen LogP contribution is -2.36. The summed E-state index contributed by atoms with van der Waals surface area (Å²) < 4.78 is 0. The Morgan fingerprint density at radius 2 is 2.06 bits per heavy atom. The summed E-state index contributed by atoms with van der Waals surface area (Å²) in [7, 11) is 0. The second kappa shape index (κ2) is 7.87. The normalized spacial score (nSPS) is 16.2. The lowest BCUT2D eigenvalue weighted by Gasteiger charge is -2.24. The van der Waals surface area contributed by atoms with Crippen LogP contribution in [-0.2, 0) is 9.59 Å². The first-order chi connectivity index (χ1) is 8.63. The van der Waals surface area contributed by atoms with Crippen LogP contribution in [0.4, 0.5) is 0 Å². The summed E-state index contributed by atoms with van der Waals surface area (Å²) in [5, 5.41) is 12.0. The van der Waals surface area contributed by atoms with Gasteiger partial charge in [-0.2, -0.15) is 0 Å². The van der Waals surface area contributed by atoms with Gasteiger partial charge in [0.05, 0.1) is 0 Å². The first kappa shape index (κ1) is 14.7. The molecule has 1 rings (SSSR count). The minimum absolute atomic E-state index is 0.0872. The zero-order valence-corrected chi connectivity index (χ0v) is 10.7. The molecule has 0 aromatic rings. The van der Waals surface area contributed by atoms with Gasteiger partial charge < -0.3 is 15.3 Å². The number of rotatable bonds is 7. The Bertz CT molecular complexity index is 299. The molecule has 0 saturated carbocycles. The van der Waals surface area contributed by atoms with Gasteiger partial charge in [0.15, 0.2) is 0 Å². The van der Waals surface area contributed by atoms with E-state index in [4.69, 9.17) is 5.11 Å². The molecule has 0 aliphatic carbocycles. The van der Waals surface area contributed by atoms with Crippen molar-refractivity contribution in [3.05, 3.63) is 12.7 Å². The van der Waals surface area contributed by atoms with Crippen molar-refractivity contribution in [3.8, 4) is 0 Å². The third-order valence-electron chi connectivity index (χ3n) is 3.25. The van der Waals surface area contributed by atoms with Crippen molar-refractivity contribution in [2.45, 2.75) is 25.7 Å². The average molecular weight is 254 g/mol. The molecule has 1 saturated heterocycles. The summed E-state index contributed by atoms with van der Waals surface area (Å²) in [6.45, 7) is 5.65. The number of amides is 1. The number of hydrogen-bond donors (Lipinski definition) is 2. The zero-order valence-electron chi connectivity index (χ0n) is 10.7. The van der Waals surface area contributed by atoms with Crippen LogP contribution in [0.5, 0.6) is 0 Å². The van der Waals surface area contributed by atoms with Crippen molar-refractivity contribution in [1.82, 2.24) is 10.2 Å². The second-order valence-electron chi connectivity index (χ2n) is 4.69. The predicted octanol–water partition coefficient (Wildman–Crippen LogP) is 0.865. The molecule has 5 nitrogen and oxygen atoms in total. The maximum atomic E-state index is 11.9. The molecule has 102 valence electrons. The molecule has 0 radical (unpaired) electrons. The molecule has 5 heteroatoms. The van der Waals surface area contributed by atoms with Crippen LogP contribution in [0.3, 0.4) is 0 Å². The average Bonchev–Trinajstić information content (AvgIpc) is 2.36. The van der Waals surface area contributed by atoms with E-state index in [0.29, 0.717) is 18.9 Å². The monoisotopic (exact) mass is 254 g/mol. The van der Waals surface area contributed by atoms with Gasteiger partial charge in [0.25, 0.3) is 0 Å². The van der Waals surface area contributed by atoms with Gasteiger partial charge in [-0.05, 0) is 38.3 Å². The standard InChI is InChI=1S/C13H22N2O3/c1-2-9-15(10-13(17)18)12(16)4-3-11-5-7-14-8-6-11/h2,11,14H,1,3-10H2,(H,17,18). The van der Waals surface area contributed by atoms with Gasteiger partial charge in [0.2, 0.25) is 5.91 Å². The molecule has 1 amide bonds. The molecule has 0 spiro atoms. The molecule has 1 fully saturated rings. The Balaban J connectivity index is 2.35. The number of hydrogen-bond acceptors (Lipinski definition) is 3. The fourth-order valence-corrected chi connectivity index (χ4v) is 2.23. The summed E-state index contributed by atoms with van der Waals surface area (Å²) in [6.07, 6.45) is 5.06. The van der Waals surface area contributed by atoms with Crippen LogP contribution in [-0.4, -0.2) is 48.1 Å². The van der Waals surface area contributed by atoms with E-state index >= 15 is 0 Å². The van der Waals surface area contributed by atoms with Crippen LogP contribution in [0.1, 0.15) is 25.7 Å². The highest BCUT2D eigenvalue weighted by atomic mass is 16.4. The Kier molecular flexibility index (Phi) is 6.43. The molecular formula is C13H22N2O3. The third-order valence-corrected chi connectivity index (χ3v) is 3.25.